The fraction of sp³-hybridized carbons (Fsp3) is 0.739. The molecule has 1 saturated heterocycles. The third kappa shape index (κ3) is 7.92. The summed E-state index contributed by atoms with van der Waals surface area (Å²) in [5.41, 5.74) is 1.47. The van der Waals surface area contributed by atoms with Crippen molar-refractivity contribution in [2.45, 2.75) is 89.9 Å². The number of benzene rings is 1. The van der Waals surface area contributed by atoms with Crippen LogP contribution < -0.4 is 0 Å². The first-order valence-corrected chi connectivity index (χ1v) is 10.8. The molecule has 25 heavy (non-hydrogen) atoms. The van der Waals surface area contributed by atoms with Crippen molar-refractivity contribution < 1.29 is 5.21 Å². The van der Waals surface area contributed by atoms with Gasteiger partial charge in [0, 0.05) is 13.1 Å². The minimum atomic E-state index is 0.607. The van der Waals surface area contributed by atoms with Crippen LogP contribution in [0, 0.1) is 5.92 Å². The van der Waals surface area contributed by atoms with Crippen LogP contribution in [0.25, 0.3) is 0 Å². The number of hydroxylamine groups is 2. The molecule has 0 aliphatic carbocycles. The molecule has 0 aromatic heterocycles. The van der Waals surface area contributed by atoms with E-state index in [1.165, 1.54) is 76.2 Å². The molecule has 1 aliphatic heterocycles. The number of piperidine rings is 1. The zero-order chi connectivity index (χ0) is 17.7. The Morgan fingerprint density at radius 3 is 2.12 bits per heavy atom. The van der Waals surface area contributed by atoms with E-state index in [4.69, 9.17) is 0 Å². The van der Waals surface area contributed by atoms with Gasteiger partial charge in [-0.1, -0.05) is 101 Å². The predicted octanol–water partition coefficient (Wildman–Crippen LogP) is 6.79. The molecule has 0 unspecified atom stereocenters. The summed E-state index contributed by atoms with van der Waals surface area (Å²) < 4.78 is 0. The number of hydrogen-bond acceptors (Lipinski definition) is 2. The Morgan fingerprint density at radius 1 is 0.880 bits per heavy atom. The van der Waals surface area contributed by atoms with E-state index in [-0.39, 0.29) is 0 Å². The summed E-state index contributed by atoms with van der Waals surface area (Å²) in [6.45, 7) is 3.94. The average Bonchev–Trinajstić information content (AvgIpc) is 2.64. The molecule has 1 aliphatic rings. The van der Waals surface area contributed by atoms with Crippen molar-refractivity contribution in [3.05, 3.63) is 35.9 Å². The lowest BCUT2D eigenvalue weighted by molar-refractivity contribution is -0.123. The van der Waals surface area contributed by atoms with E-state index in [9.17, 15) is 5.21 Å². The van der Waals surface area contributed by atoms with Gasteiger partial charge in [-0.15, -0.1) is 0 Å². The summed E-state index contributed by atoms with van der Waals surface area (Å²) in [6.07, 6.45) is 16.3. The van der Waals surface area contributed by atoms with E-state index < -0.39 is 0 Å². The van der Waals surface area contributed by atoms with Crippen LogP contribution in [-0.4, -0.2) is 23.4 Å². The number of nitrogens with zero attached hydrogens (tertiary/aromatic N) is 1. The molecule has 2 rings (SSSR count). The highest BCUT2D eigenvalue weighted by Crippen LogP contribution is 2.35. The highest BCUT2D eigenvalue weighted by molar-refractivity contribution is 5.21. The summed E-state index contributed by atoms with van der Waals surface area (Å²) in [4.78, 5) is 0. The lowest BCUT2D eigenvalue weighted by atomic mass is 9.78. The summed E-state index contributed by atoms with van der Waals surface area (Å²) in [5, 5.41) is 11.5. The van der Waals surface area contributed by atoms with Crippen LogP contribution >= 0.6 is 0 Å². The molecule has 2 atom stereocenters. The van der Waals surface area contributed by atoms with Crippen LogP contribution in [0.3, 0.4) is 0 Å². The molecule has 1 aromatic carbocycles. The molecule has 2 nitrogen and oxygen atoms in total. The highest BCUT2D eigenvalue weighted by Gasteiger charge is 2.29. The van der Waals surface area contributed by atoms with Gasteiger partial charge in [-0.3, -0.25) is 0 Å². The fourth-order valence-electron chi connectivity index (χ4n) is 4.34. The first-order valence-electron chi connectivity index (χ1n) is 10.8. The van der Waals surface area contributed by atoms with E-state index in [0.29, 0.717) is 11.8 Å². The van der Waals surface area contributed by atoms with Crippen molar-refractivity contribution in [3.8, 4) is 0 Å². The Kier molecular flexibility index (Phi) is 10.2. The summed E-state index contributed by atoms with van der Waals surface area (Å²) in [5.74, 6) is 1.23. The Balaban J connectivity index is 1.61. The topological polar surface area (TPSA) is 23.5 Å². The number of unbranched alkanes of at least 4 members (excludes halogenated alkanes) is 9. The van der Waals surface area contributed by atoms with Crippen molar-refractivity contribution in [2.75, 3.05) is 13.1 Å². The molecular formula is C23H39NO. The van der Waals surface area contributed by atoms with Crippen LogP contribution in [0.15, 0.2) is 30.3 Å². The van der Waals surface area contributed by atoms with Gasteiger partial charge in [0.25, 0.3) is 0 Å². The monoisotopic (exact) mass is 345 g/mol. The van der Waals surface area contributed by atoms with Crippen molar-refractivity contribution in [2.24, 2.45) is 5.92 Å². The van der Waals surface area contributed by atoms with Gasteiger partial charge in [0.05, 0.1) is 0 Å². The molecule has 0 bridgehead atoms. The standard InChI is InChI=1S/C23H39NO/c1-2-3-4-5-6-7-8-9-10-12-17-22-20-24(25)19-18-23(22)21-15-13-11-14-16-21/h11,13-16,22-23,25H,2-10,12,17-20H2,1H3/t22-,23+/m1/s1. The second kappa shape index (κ2) is 12.5. The summed E-state index contributed by atoms with van der Waals surface area (Å²) >= 11 is 0. The third-order valence-corrected chi connectivity index (χ3v) is 5.87. The Hall–Kier alpha value is -0.860. The zero-order valence-electron chi connectivity index (χ0n) is 16.3. The zero-order valence-corrected chi connectivity index (χ0v) is 16.3. The largest absolute Gasteiger partial charge is 0.314 e. The van der Waals surface area contributed by atoms with Crippen molar-refractivity contribution in [3.63, 3.8) is 0 Å². The van der Waals surface area contributed by atoms with Crippen molar-refractivity contribution >= 4 is 0 Å². The SMILES string of the molecule is CCCCCCCCCCCC[C@@H]1CN(O)CC[C@H]1c1ccccc1. The lowest BCUT2D eigenvalue weighted by Crippen LogP contribution is -2.37. The quantitative estimate of drug-likeness (QED) is 0.421. The average molecular weight is 346 g/mol. The summed E-state index contributed by atoms with van der Waals surface area (Å²) in [7, 11) is 0. The van der Waals surface area contributed by atoms with Crippen molar-refractivity contribution in [1.29, 1.82) is 0 Å². The van der Waals surface area contributed by atoms with Gasteiger partial charge in [-0.25, -0.2) is 0 Å². The second-order valence-corrected chi connectivity index (χ2v) is 7.95. The van der Waals surface area contributed by atoms with Gasteiger partial charge in [-0.2, -0.15) is 5.06 Å². The van der Waals surface area contributed by atoms with Gasteiger partial charge >= 0.3 is 0 Å². The van der Waals surface area contributed by atoms with Gasteiger partial charge in [-0.05, 0) is 30.2 Å². The maximum Gasteiger partial charge on any atom is 0.0272 e. The fourth-order valence-corrected chi connectivity index (χ4v) is 4.34. The Labute approximate surface area is 155 Å². The number of hydrogen-bond donors (Lipinski definition) is 1. The van der Waals surface area contributed by atoms with Gasteiger partial charge in [0.15, 0.2) is 0 Å². The van der Waals surface area contributed by atoms with Gasteiger partial charge in [0.2, 0.25) is 0 Å². The Bertz CT molecular complexity index is 433. The molecule has 1 fully saturated rings. The van der Waals surface area contributed by atoms with Gasteiger partial charge < -0.3 is 5.21 Å². The smallest absolute Gasteiger partial charge is 0.0272 e. The highest BCUT2D eigenvalue weighted by atomic mass is 16.5. The maximum atomic E-state index is 9.94. The Morgan fingerprint density at radius 2 is 1.48 bits per heavy atom. The molecule has 1 N–H and O–H groups in total. The van der Waals surface area contributed by atoms with E-state index in [2.05, 4.69) is 37.3 Å². The van der Waals surface area contributed by atoms with E-state index in [1.807, 2.05) is 0 Å². The minimum absolute atomic E-state index is 0.607. The van der Waals surface area contributed by atoms with E-state index in [0.717, 1.165) is 19.5 Å². The van der Waals surface area contributed by atoms with E-state index in [1.54, 1.807) is 5.06 Å². The summed E-state index contributed by atoms with van der Waals surface area (Å²) in [6, 6.07) is 10.9. The molecule has 0 radical (unpaired) electrons. The maximum absolute atomic E-state index is 9.94. The first-order chi connectivity index (χ1) is 12.3. The molecule has 1 aromatic rings. The van der Waals surface area contributed by atoms with E-state index >= 15 is 0 Å². The molecule has 2 heteroatoms. The van der Waals surface area contributed by atoms with Crippen LogP contribution in [0.5, 0.6) is 0 Å². The molecule has 0 spiro atoms. The molecule has 0 amide bonds. The first kappa shape index (κ1) is 20.5. The van der Waals surface area contributed by atoms with Gasteiger partial charge in [0.1, 0.15) is 0 Å². The lowest BCUT2D eigenvalue weighted by Gasteiger charge is -2.36. The van der Waals surface area contributed by atoms with Crippen LogP contribution in [0.4, 0.5) is 0 Å². The third-order valence-electron chi connectivity index (χ3n) is 5.87. The van der Waals surface area contributed by atoms with Crippen LogP contribution in [0.2, 0.25) is 0 Å². The minimum Gasteiger partial charge on any atom is -0.314 e. The van der Waals surface area contributed by atoms with Crippen molar-refractivity contribution in [1.82, 2.24) is 5.06 Å². The number of rotatable bonds is 12. The predicted molar refractivity (Wildman–Crippen MR) is 107 cm³/mol. The van der Waals surface area contributed by atoms with Crippen LogP contribution in [0.1, 0.15) is 95.5 Å². The molecule has 0 saturated carbocycles. The molecular weight excluding hydrogens is 306 g/mol. The second-order valence-electron chi connectivity index (χ2n) is 7.95. The molecule has 1 heterocycles. The molecule has 142 valence electrons. The normalized spacial score (nSPS) is 21.5. The van der Waals surface area contributed by atoms with Crippen LogP contribution in [-0.2, 0) is 0 Å².